The number of nitrogens with zero attached hydrogens (tertiary/aromatic N) is 1. The normalized spacial score (nSPS) is 15.9. The Morgan fingerprint density at radius 1 is 1.44 bits per heavy atom. The van der Waals surface area contributed by atoms with E-state index in [9.17, 15) is 9.59 Å². The first kappa shape index (κ1) is 15.2. The number of hydrogen-bond donors (Lipinski definition) is 2. The Bertz CT molecular complexity index is 254. The van der Waals surface area contributed by atoms with E-state index < -0.39 is 0 Å². The molecule has 0 spiro atoms. The highest BCUT2D eigenvalue weighted by Crippen LogP contribution is 2.32. The lowest BCUT2D eigenvalue weighted by atomic mass is 10.2. The summed E-state index contributed by atoms with van der Waals surface area (Å²) in [5, 5.41) is 2.80. The van der Waals surface area contributed by atoms with Crippen molar-refractivity contribution in [2.75, 3.05) is 20.6 Å². The van der Waals surface area contributed by atoms with Crippen LogP contribution < -0.4 is 11.1 Å². The van der Waals surface area contributed by atoms with Crippen LogP contribution in [0.4, 0.5) is 0 Å². The van der Waals surface area contributed by atoms with Crippen LogP contribution >= 0.6 is 12.4 Å². The number of rotatable bonds is 5. The molecule has 2 amide bonds. The average Bonchev–Trinajstić information content (AvgIpc) is 2.97. The Kier molecular flexibility index (Phi) is 6.36. The van der Waals surface area contributed by atoms with E-state index in [2.05, 4.69) is 5.32 Å². The summed E-state index contributed by atoms with van der Waals surface area (Å²) >= 11 is 0. The van der Waals surface area contributed by atoms with Crippen molar-refractivity contribution in [1.82, 2.24) is 10.2 Å². The van der Waals surface area contributed by atoms with Gasteiger partial charge < -0.3 is 16.0 Å². The van der Waals surface area contributed by atoms with Crippen molar-refractivity contribution >= 4 is 24.2 Å². The molecule has 0 aromatic heterocycles. The third-order valence-electron chi connectivity index (χ3n) is 2.60. The number of halogens is 1. The zero-order chi connectivity index (χ0) is 11.4. The molecule has 0 bridgehead atoms. The van der Waals surface area contributed by atoms with Crippen molar-refractivity contribution in [3.05, 3.63) is 0 Å². The molecule has 1 aliphatic carbocycles. The van der Waals surface area contributed by atoms with E-state index in [4.69, 9.17) is 5.73 Å². The summed E-state index contributed by atoms with van der Waals surface area (Å²) in [6, 6.07) is 0.0486. The lowest BCUT2D eigenvalue weighted by Gasteiger charge is -2.16. The number of nitrogens with one attached hydrogen (secondary N) is 1. The number of carbonyl (C=O) groups is 2. The zero-order valence-corrected chi connectivity index (χ0v) is 10.5. The molecule has 1 rings (SSSR count). The largest absolute Gasteiger partial charge is 0.351 e. The fourth-order valence-electron chi connectivity index (χ4n) is 1.42. The van der Waals surface area contributed by atoms with Crippen LogP contribution in [0, 0.1) is 5.92 Å². The van der Waals surface area contributed by atoms with Crippen LogP contribution in [0.25, 0.3) is 0 Å². The number of carbonyl (C=O) groups excluding carboxylic acids is 2. The van der Waals surface area contributed by atoms with Crippen LogP contribution in [-0.2, 0) is 9.59 Å². The maximum Gasteiger partial charge on any atom is 0.231 e. The maximum atomic E-state index is 11.4. The molecule has 1 atom stereocenters. The maximum absolute atomic E-state index is 11.4. The number of hydrogen-bond acceptors (Lipinski definition) is 3. The Labute approximate surface area is 102 Å². The molecule has 94 valence electrons. The van der Waals surface area contributed by atoms with Gasteiger partial charge in [0, 0.05) is 26.7 Å². The van der Waals surface area contributed by atoms with Crippen molar-refractivity contribution in [1.29, 1.82) is 0 Å². The van der Waals surface area contributed by atoms with E-state index >= 15 is 0 Å². The summed E-state index contributed by atoms with van der Waals surface area (Å²) in [6.07, 6.45) is 2.17. The molecule has 16 heavy (non-hydrogen) atoms. The van der Waals surface area contributed by atoms with Gasteiger partial charge in [-0.05, 0) is 18.8 Å². The monoisotopic (exact) mass is 249 g/mol. The second-order valence-electron chi connectivity index (χ2n) is 4.21. The van der Waals surface area contributed by atoms with Gasteiger partial charge in [-0.15, -0.1) is 12.4 Å². The Morgan fingerprint density at radius 2 is 2.00 bits per heavy atom. The summed E-state index contributed by atoms with van der Waals surface area (Å²) in [7, 11) is 3.27. The molecule has 1 unspecified atom stereocenters. The van der Waals surface area contributed by atoms with Gasteiger partial charge in [-0.25, -0.2) is 0 Å². The van der Waals surface area contributed by atoms with Crippen LogP contribution in [0.15, 0.2) is 0 Å². The van der Waals surface area contributed by atoms with Crippen LogP contribution in [-0.4, -0.2) is 43.4 Å². The highest BCUT2D eigenvalue weighted by atomic mass is 35.5. The van der Waals surface area contributed by atoms with Gasteiger partial charge >= 0.3 is 0 Å². The standard InChI is InChI=1S/C10H19N3O2.ClH/c1-13(2)10(15)5-9(14)12-8(6-11)7-3-4-7;/h7-8H,3-6,11H2,1-2H3,(H,12,14);1H. The van der Waals surface area contributed by atoms with Crippen molar-refractivity contribution in [3.8, 4) is 0 Å². The molecule has 3 N–H and O–H groups in total. The number of nitrogens with two attached hydrogens (primary N) is 1. The van der Waals surface area contributed by atoms with Gasteiger partial charge in [0.2, 0.25) is 11.8 Å². The van der Waals surface area contributed by atoms with Crippen molar-refractivity contribution in [2.24, 2.45) is 11.7 Å². The van der Waals surface area contributed by atoms with E-state index in [0.29, 0.717) is 12.5 Å². The highest BCUT2D eigenvalue weighted by Gasteiger charge is 2.31. The molecule has 1 saturated carbocycles. The Morgan fingerprint density at radius 3 is 2.38 bits per heavy atom. The van der Waals surface area contributed by atoms with Crippen molar-refractivity contribution in [3.63, 3.8) is 0 Å². The average molecular weight is 250 g/mol. The minimum absolute atomic E-state index is 0. The lowest BCUT2D eigenvalue weighted by molar-refractivity contribution is -0.134. The minimum atomic E-state index is -0.226. The van der Waals surface area contributed by atoms with Gasteiger partial charge in [0.05, 0.1) is 0 Å². The van der Waals surface area contributed by atoms with E-state index in [0.717, 1.165) is 12.8 Å². The van der Waals surface area contributed by atoms with Crippen LogP contribution in [0.3, 0.4) is 0 Å². The highest BCUT2D eigenvalue weighted by molar-refractivity contribution is 5.96. The van der Waals surface area contributed by atoms with Crippen molar-refractivity contribution < 1.29 is 9.59 Å². The van der Waals surface area contributed by atoms with Crippen LogP contribution in [0.2, 0.25) is 0 Å². The first-order chi connectivity index (χ1) is 7.04. The fraction of sp³-hybridized carbons (Fsp3) is 0.800. The van der Waals surface area contributed by atoms with Gasteiger partial charge in [0.15, 0.2) is 0 Å². The molecular weight excluding hydrogens is 230 g/mol. The quantitative estimate of drug-likeness (QED) is 0.660. The molecule has 0 heterocycles. The van der Waals surface area contributed by atoms with Crippen LogP contribution in [0.1, 0.15) is 19.3 Å². The molecule has 0 aromatic rings. The molecular formula is C10H20ClN3O2. The molecule has 0 aromatic carbocycles. The third kappa shape index (κ3) is 4.81. The van der Waals surface area contributed by atoms with Gasteiger partial charge in [-0.2, -0.15) is 0 Å². The summed E-state index contributed by atoms with van der Waals surface area (Å²) in [4.78, 5) is 24.1. The molecule has 0 aliphatic heterocycles. The predicted octanol–water partition coefficient (Wildman–Crippen LogP) is -0.260. The summed E-state index contributed by atoms with van der Waals surface area (Å²) in [6.45, 7) is 0.451. The van der Waals surface area contributed by atoms with Crippen LogP contribution in [0.5, 0.6) is 0 Å². The van der Waals surface area contributed by atoms with Crippen molar-refractivity contribution in [2.45, 2.75) is 25.3 Å². The van der Waals surface area contributed by atoms with E-state index in [1.54, 1.807) is 14.1 Å². The third-order valence-corrected chi connectivity index (χ3v) is 2.60. The van der Waals surface area contributed by atoms with Gasteiger partial charge in [-0.3, -0.25) is 9.59 Å². The van der Waals surface area contributed by atoms with E-state index in [1.807, 2.05) is 0 Å². The summed E-state index contributed by atoms with van der Waals surface area (Å²) < 4.78 is 0. The van der Waals surface area contributed by atoms with Gasteiger partial charge in [-0.1, -0.05) is 0 Å². The zero-order valence-electron chi connectivity index (χ0n) is 9.73. The minimum Gasteiger partial charge on any atom is -0.351 e. The second-order valence-corrected chi connectivity index (χ2v) is 4.21. The molecule has 0 saturated heterocycles. The molecule has 5 nitrogen and oxygen atoms in total. The Hall–Kier alpha value is -0.810. The number of amides is 2. The van der Waals surface area contributed by atoms with Gasteiger partial charge in [0.1, 0.15) is 6.42 Å². The molecule has 1 fully saturated rings. The molecule has 6 heteroatoms. The lowest BCUT2D eigenvalue weighted by Crippen LogP contribution is -2.43. The molecule has 0 radical (unpaired) electrons. The SMILES string of the molecule is CN(C)C(=O)CC(=O)NC(CN)C1CC1.Cl. The second kappa shape index (κ2) is 6.70. The Balaban J connectivity index is 0.00000225. The summed E-state index contributed by atoms with van der Waals surface area (Å²) in [5.74, 6) is 0.114. The fourth-order valence-corrected chi connectivity index (χ4v) is 1.42. The molecule has 1 aliphatic rings. The first-order valence-electron chi connectivity index (χ1n) is 5.24. The topological polar surface area (TPSA) is 75.4 Å². The summed E-state index contributed by atoms with van der Waals surface area (Å²) in [5.41, 5.74) is 5.54. The smallest absolute Gasteiger partial charge is 0.231 e. The van der Waals surface area contributed by atoms with Gasteiger partial charge in [0.25, 0.3) is 0 Å². The predicted molar refractivity (Wildman–Crippen MR) is 64.3 cm³/mol. The van der Waals surface area contributed by atoms with E-state index in [-0.39, 0.29) is 36.7 Å². The van der Waals surface area contributed by atoms with E-state index in [1.165, 1.54) is 4.90 Å². The first-order valence-corrected chi connectivity index (χ1v) is 5.24.